The molecule has 0 saturated heterocycles. The van der Waals surface area contributed by atoms with Crippen molar-refractivity contribution >= 4 is 0 Å². The SMILES string of the molecule is CC(C)(C[NH])CO. The van der Waals surface area contributed by atoms with Gasteiger partial charge in [0.1, 0.15) is 0 Å². The second-order valence-corrected chi connectivity index (χ2v) is 2.50. The average Bonchev–Trinajstić information content (AvgIpc) is 1.68. The van der Waals surface area contributed by atoms with Crippen LogP contribution in [-0.2, 0) is 0 Å². The summed E-state index contributed by atoms with van der Waals surface area (Å²) in [6, 6.07) is 0. The minimum Gasteiger partial charge on any atom is -0.396 e. The van der Waals surface area contributed by atoms with E-state index in [0.717, 1.165) is 0 Å². The fraction of sp³-hybridized carbons (Fsp3) is 1.00. The lowest BCUT2D eigenvalue weighted by molar-refractivity contribution is 0.165. The van der Waals surface area contributed by atoms with Crippen LogP contribution in [0.15, 0.2) is 0 Å². The first-order valence-electron chi connectivity index (χ1n) is 2.38. The highest BCUT2D eigenvalue weighted by atomic mass is 16.3. The van der Waals surface area contributed by atoms with Gasteiger partial charge in [0.05, 0.1) is 0 Å². The molecule has 0 rings (SSSR count). The molecular formula is C5H12NO. The molecule has 0 amide bonds. The molecule has 1 radical (unpaired) electrons. The third-order valence-corrected chi connectivity index (χ3v) is 0.907. The Morgan fingerprint density at radius 3 is 2.00 bits per heavy atom. The van der Waals surface area contributed by atoms with Crippen LogP contribution in [-0.4, -0.2) is 18.3 Å². The molecule has 0 aromatic rings. The number of aliphatic hydroxyl groups is 1. The van der Waals surface area contributed by atoms with E-state index in [0.29, 0.717) is 6.54 Å². The summed E-state index contributed by atoms with van der Waals surface area (Å²) in [4.78, 5) is 0. The molecule has 0 bridgehead atoms. The lowest BCUT2D eigenvalue weighted by atomic mass is 9.96. The van der Waals surface area contributed by atoms with E-state index in [1.54, 1.807) is 0 Å². The quantitative estimate of drug-likeness (QED) is 0.535. The fourth-order valence-electron chi connectivity index (χ4n) is 0.0559. The van der Waals surface area contributed by atoms with Crippen LogP contribution in [0.2, 0.25) is 0 Å². The molecule has 7 heavy (non-hydrogen) atoms. The first-order chi connectivity index (χ1) is 3.12. The summed E-state index contributed by atoms with van der Waals surface area (Å²) in [6.07, 6.45) is 0. The van der Waals surface area contributed by atoms with Gasteiger partial charge >= 0.3 is 0 Å². The van der Waals surface area contributed by atoms with Crippen LogP contribution in [0.1, 0.15) is 13.8 Å². The van der Waals surface area contributed by atoms with Gasteiger partial charge in [0, 0.05) is 18.6 Å². The van der Waals surface area contributed by atoms with Crippen molar-refractivity contribution in [3.8, 4) is 0 Å². The topological polar surface area (TPSA) is 44.0 Å². The lowest BCUT2D eigenvalue weighted by Crippen LogP contribution is -2.21. The third kappa shape index (κ3) is 2.60. The van der Waals surface area contributed by atoms with E-state index in [4.69, 9.17) is 10.8 Å². The summed E-state index contributed by atoms with van der Waals surface area (Å²) in [5.41, 5.74) is 6.65. The smallest absolute Gasteiger partial charge is 0.0494 e. The van der Waals surface area contributed by atoms with E-state index in [2.05, 4.69) is 0 Å². The first-order valence-corrected chi connectivity index (χ1v) is 2.38. The number of hydrogen-bond donors (Lipinski definition) is 1. The Morgan fingerprint density at radius 2 is 2.00 bits per heavy atom. The summed E-state index contributed by atoms with van der Waals surface area (Å²) >= 11 is 0. The van der Waals surface area contributed by atoms with Gasteiger partial charge in [0.25, 0.3) is 0 Å². The Bertz CT molecular complexity index is 46.0. The fourth-order valence-corrected chi connectivity index (χ4v) is 0.0559. The maximum atomic E-state index is 8.47. The molecular weight excluding hydrogens is 90.1 g/mol. The van der Waals surface area contributed by atoms with Crippen LogP contribution in [0, 0.1) is 5.41 Å². The number of aliphatic hydroxyl groups excluding tert-OH is 1. The van der Waals surface area contributed by atoms with Gasteiger partial charge < -0.3 is 5.11 Å². The predicted molar refractivity (Wildman–Crippen MR) is 28.8 cm³/mol. The molecule has 0 saturated carbocycles. The van der Waals surface area contributed by atoms with E-state index in [-0.39, 0.29) is 12.0 Å². The number of hydrogen-bond acceptors (Lipinski definition) is 1. The highest BCUT2D eigenvalue weighted by Crippen LogP contribution is 2.09. The van der Waals surface area contributed by atoms with Gasteiger partial charge in [0.15, 0.2) is 0 Å². The Labute approximate surface area is 44.3 Å². The summed E-state index contributed by atoms with van der Waals surface area (Å²) in [5.74, 6) is 0. The minimum absolute atomic E-state index is 0.108. The zero-order valence-electron chi connectivity index (χ0n) is 4.86. The zero-order chi connectivity index (χ0) is 5.91. The van der Waals surface area contributed by atoms with E-state index in [1.165, 1.54) is 0 Å². The summed E-state index contributed by atoms with van der Waals surface area (Å²) in [7, 11) is 0. The largest absolute Gasteiger partial charge is 0.396 e. The van der Waals surface area contributed by atoms with Crippen molar-refractivity contribution in [2.75, 3.05) is 13.2 Å². The van der Waals surface area contributed by atoms with E-state index < -0.39 is 0 Å². The van der Waals surface area contributed by atoms with Crippen molar-refractivity contribution < 1.29 is 5.11 Å². The van der Waals surface area contributed by atoms with Crippen molar-refractivity contribution in [3.63, 3.8) is 0 Å². The number of rotatable bonds is 2. The second-order valence-electron chi connectivity index (χ2n) is 2.50. The Balaban J connectivity index is 3.36. The molecule has 0 aliphatic rings. The lowest BCUT2D eigenvalue weighted by Gasteiger charge is -2.16. The van der Waals surface area contributed by atoms with Crippen LogP contribution in [0.4, 0.5) is 0 Å². The van der Waals surface area contributed by atoms with Crippen molar-refractivity contribution in [1.82, 2.24) is 5.73 Å². The van der Waals surface area contributed by atoms with Gasteiger partial charge in [-0.05, 0) is 0 Å². The van der Waals surface area contributed by atoms with E-state index >= 15 is 0 Å². The zero-order valence-corrected chi connectivity index (χ0v) is 4.86. The van der Waals surface area contributed by atoms with Gasteiger partial charge in [-0.1, -0.05) is 13.8 Å². The van der Waals surface area contributed by atoms with Gasteiger partial charge in [-0.25, -0.2) is 0 Å². The molecule has 0 aliphatic heterocycles. The molecule has 2 nitrogen and oxygen atoms in total. The van der Waals surface area contributed by atoms with Crippen molar-refractivity contribution in [1.29, 1.82) is 0 Å². The standard InChI is InChI=1S/C5H12NO/c1-5(2,3-6)4-7/h6-7H,3-4H2,1-2H3. The molecule has 0 atom stereocenters. The Hall–Kier alpha value is -0.0800. The molecule has 43 valence electrons. The normalized spacial score (nSPS) is 12.0. The molecule has 0 aliphatic carbocycles. The molecule has 0 heterocycles. The van der Waals surface area contributed by atoms with E-state index in [1.807, 2.05) is 13.8 Å². The Kier molecular flexibility index (Phi) is 2.26. The van der Waals surface area contributed by atoms with Gasteiger partial charge in [-0.3, -0.25) is 5.73 Å². The maximum absolute atomic E-state index is 8.47. The maximum Gasteiger partial charge on any atom is 0.0494 e. The number of nitrogens with one attached hydrogen (secondary N) is 1. The minimum atomic E-state index is -0.194. The third-order valence-electron chi connectivity index (χ3n) is 0.907. The first kappa shape index (κ1) is 6.92. The molecule has 0 fully saturated rings. The second kappa shape index (κ2) is 2.28. The van der Waals surface area contributed by atoms with Crippen LogP contribution in [0.25, 0.3) is 0 Å². The van der Waals surface area contributed by atoms with Crippen molar-refractivity contribution in [2.24, 2.45) is 5.41 Å². The monoisotopic (exact) mass is 102 g/mol. The molecule has 0 aromatic heterocycles. The Morgan fingerprint density at radius 1 is 1.57 bits per heavy atom. The summed E-state index contributed by atoms with van der Waals surface area (Å²) < 4.78 is 0. The van der Waals surface area contributed by atoms with Crippen molar-refractivity contribution in [2.45, 2.75) is 13.8 Å². The van der Waals surface area contributed by atoms with Crippen LogP contribution in [0.5, 0.6) is 0 Å². The van der Waals surface area contributed by atoms with Crippen LogP contribution >= 0.6 is 0 Å². The predicted octanol–water partition coefficient (Wildman–Crippen LogP) is 0.288. The molecule has 2 heteroatoms. The van der Waals surface area contributed by atoms with Gasteiger partial charge in [0.2, 0.25) is 0 Å². The molecule has 0 aromatic carbocycles. The van der Waals surface area contributed by atoms with Crippen molar-refractivity contribution in [3.05, 3.63) is 0 Å². The highest BCUT2D eigenvalue weighted by Gasteiger charge is 2.12. The van der Waals surface area contributed by atoms with E-state index in [9.17, 15) is 0 Å². The summed E-state index contributed by atoms with van der Waals surface area (Å²) in [6.45, 7) is 4.12. The summed E-state index contributed by atoms with van der Waals surface area (Å²) in [5, 5.41) is 8.47. The van der Waals surface area contributed by atoms with Gasteiger partial charge in [-0.15, -0.1) is 0 Å². The molecule has 0 unspecified atom stereocenters. The molecule has 2 N–H and O–H groups in total. The molecule has 0 spiro atoms. The van der Waals surface area contributed by atoms with Crippen LogP contribution < -0.4 is 5.73 Å². The van der Waals surface area contributed by atoms with Gasteiger partial charge in [-0.2, -0.15) is 0 Å². The average molecular weight is 102 g/mol. The van der Waals surface area contributed by atoms with Crippen LogP contribution in [0.3, 0.4) is 0 Å². The highest BCUT2D eigenvalue weighted by molar-refractivity contribution is 4.65.